The molecule has 0 unspecified atom stereocenters. The fourth-order valence-electron chi connectivity index (χ4n) is 3.42. The Kier molecular flexibility index (Phi) is 4.98. The highest BCUT2D eigenvalue weighted by Crippen LogP contribution is 2.37. The number of rotatable bonds is 5. The molecular weight excluding hydrogens is 390 g/mol. The minimum atomic E-state index is -1.07. The molecule has 1 aliphatic rings. The van der Waals surface area contributed by atoms with Gasteiger partial charge in [-0.15, -0.1) is 11.3 Å². The number of methoxy groups -OCH3 is 2. The Bertz CT molecular complexity index is 1090. The number of fused-ring (bicyclic) bond motifs is 1. The molecule has 0 saturated heterocycles. The van der Waals surface area contributed by atoms with Crippen LogP contribution in [0.4, 0.5) is 5.69 Å². The van der Waals surface area contributed by atoms with E-state index in [1.165, 1.54) is 24.5 Å². The summed E-state index contributed by atoms with van der Waals surface area (Å²) in [6, 6.07) is 14.6. The number of benzene rings is 2. The molecule has 4 rings (SSSR count). The summed E-state index contributed by atoms with van der Waals surface area (Å²) in [5.74, 6) is -0.126. The molecule has 0 aliphatic carbocycles. The standard InChI is InChI=1S/C22H19NO5S/c1-27-16-6-3-13(4-7-16)19-11-14-9-10-23(21(24)20(14)29-19)15-5-8-17(22(25)26)18(12-15)28-2/h3-8,11-12H,9-10H2,1-2H3,(H,25,26). The number of amides is 1. The second kappa shape index (κ2) is 7.60. The predicted octanol–water partition coefficient (Wildman–Crippen LogP) is 4.33. The average Bonchev–Trinajstić information content (AvgIpc) is 3.19. The van der Waals surface area contributed by atoms with E-state index in [2.05, 4.69) is 6.07 Å². The second-order valence-corrected chi connectivity index (χ2v) is 7.64. The van der Waals surface area contributed by atoms with Crippen molar-refractivity contribution in [3.63, 3.8) is 0 Å². The lowest BCUT2D eigenvalue weighted by atomic mass is 10.0. The molecule has 6 nitrogen and oxygen atoms in total. The van der Waals surface area contributed by atoms with E-state index >= 15 is 0 Å². The van der Waals surface area contributed by atoms with Gasteiger partial charge in [-0.05, 0) is 60.0 Å². The van der Waals surface area contributed by atoms with E-state index in [1.807, 2.05) is 24.3 Å². The van der Waals surface area contributed by atoms with E-state index in [4.69, 9.17) is 9.47 Å². The Morgan fingerprint density at radius 1 is 1.07 bits per heavy atom. The van der Waals surface area contributed by atoms with Crippen LogP contribution in [-0.4, -0.2) is 37.7 Å². The summed E-state index contributed by atoms with van der Waals surface area (Å²) in [6.07, 6.45) is 0.733. The number of hydrogen-bond acceptors (Lipinski definition) is 5. The molecular formula is C22H19NO5S. The van der Waals surface area contributed by atoms with E-state index < -0.39 is 5.97 Å². The van der Waals surface area contributed by atoms with E-state index in [0.717, 1.165) is 28.2 Å². The number of carbonyl (C=O) groups excluding carboxylic acids is 1. The van der Waals surface area contributed by atoms with E-state index in [-0.39, 0.29) is 17.2 Å². The molecule has 2 aromatic carbocycles. The van der Waals surface area contributed by atoms with Crippen LogP contribution < -0.4 is 14.4 Å². The smallest absolute Gasteiger partial charge is 0.339 e. The zero-order chi connectivity index (χ0) is 20.5. The van der Waals surface area contributed by atoms with Gasteiger partial charge < -0.3 is 19.5 Å². The monoisotopic (exact) mass is 409 g/mol. The summed E-state index contributed by atoms with van der Waals surface area (Å²) >= 11 is 1.47. The molecule has 2 heterocycles. The minimum absolute atomic E-state index is 0.0688. The van der Waals surface area contributed by atoms with Crippen LogP contribution in [0.2, 0.25) is 0 Å². The molecule has 1 aliphatic heterocycles. The van der Waals surface area contributed by atoms with Crippen molar-refractivity contribution in [2.24, 2.45) is 0 Å². The number of carboxylic acids is 1. The number of carbonyl (C=O) groups is 2. The number of hydrogen-bond donors (Lipinski definition) is 1. The van der Waals surface area contributed by atoms with Crippen molar-refractivity contribution in [1.82, 2.24) is 0 Å². The summed E-state index contributed by atoms with van der Waals surface area (Å²) < 4.78 is 10.4. The third-order valence-corrected chi connectivity index (χ3v) is 6.17. The van der Waals surface area contributed by atoms with Gasteiger partial charge in [0, 0.05) is 23.2 Å². The SMILES string of the molecule is COc1ccc(-c2cc3c(s2)C(=O)N(c2ccc(C(=O)O)c(OC)c2)CC3)cc1. The van der Waals surface area contributed by atoms with Crippen LogP contribution in [-0.2, 0) is 6.42 Å². The van der Waals surface area contributed by atoms with Crippen LogP contribution in [0.1, 0.15) is 25.6 Å². The van der Waals surface area contributed by atoms with Gasteiger partial charge in [0.05, 0.1) is 19.1 Å². The zero-order valence-electron chi connectivity index (χ0n) is 16.0. The van der Waals surface area contributed by atoms with Gasteiger partial charge in [0.25, 0.3) is 5.91 Å². The van der Waals surface area contributed by atoms with Gasteiger partial charge in [0.1, 0.15) is 17.1 Å². The molecule has 148 valence electrons. The molecule has 0 saturated carbocycles. The van der Waals surface area contributed by atoms with Crippen LogP contribution in [0.15, 0.2) is 48.5 Å². The van der Waals surface area contributed by atoms with Crippen LogP contribution in [0, 0.1) is 0 Å². The fraction of sp³-hybridized carbons (Fsp3) is 0.182. The second-order valence-electron chi connectivity index (χ2n) is 6.59. The Labute approximate surface area is 171 Å². The van der Waals surface area contributed by atoms with Gasteiger partial charge in [0.2, 0.25) is 0 Å². The van der Waals surface area contributed by atoms with Crippen molar-refractivity contribution >= 4 is 28.9 Å². The number of ether oxygens (including phenoxy) is 2. The maximum atomic E-state index is 13.1. The molecule has 3 aromatic rings. The van der Waals surface area contributed by atoms with Gasteiger partial charge in [-0.1, -0.05) is 0 Å². The van der Waals surface area contributed by atoms with Crippen molar-refractivity contribution in [3.05, 3.63) is 64.5 Å². The summed E-state index contributed by atoms with van der Waals surface area (Å²) in [5, 5.41) is 9.26. The van der Waals surface area contributed by atoms with Crippen molar-refractivity contribution in [1.29, 1.82) is 0 Å². The molecule has 7 heteroatoms. The number of thiophene rings is 1. The molecule has 0 fully saturated rings. The maximum Gasteiger partial charge on any atom is 0.339 e. The van der Waals surface area contributed by atoms with Crippen molar-refractivity contribution in [2.75, 3.05) is 25.7 Å². The molecule has 1 aromatic heterocycles. The lowest BCUT2D eigenvalue weighted by Crippen LogP contribution is -2.36. The summed E-state index contributed by atoms with van der Waals surface area (Å²) in [7, 11) is 3.05. The molecule has 1 N–H and O–H groups in total. The number of aromatic carboxylic acids is 1. The van der Waals surface area contributed by atoms with E-state index in [1.54, 1.807) is 24.1 Å². The third kappa shape index (κ3) is 3.45. The highest BCUT2D eigenvalue weighted by molar-refractivity contribution is 7.17. The highest BCUT2D eigenvalue weighted by Gasteiger charge is 2.29. The van der Waals surface area contributed by atoms with Crippen molar-refractivity contribution in [2.45, 2.75) is 6.42 Å². The van der Waals surface area contributed by atoms with Crippen LogP contribution in [0.3, 0.4) is 0 Å². The van der Waals surface area contributed by atoms with Crippen molar-refractivity contribution in [3.8, 4) is 21.9 Å². The first-order chi connectivity index (χ1) is 14.0. The minimum Gasteiger partial charge on any atom is -0.497 e. The van der Waals surface area contributed by atoms with Gasteiger partial charge in [0.15, 0.2) is 0 Å². The predicted molar refractivity (Wildman–Crippen MR) is 112 cm³/mol. The Balaban J connectivity index is 1.65. The number of nitrogens with zero attached hydrogens (tertiary/aromatic N) is 1. The Hall–Kier alpha value is -3.32. The van der Waals surface area contributed by atoms with Gasteiger partial charge in [-0.3, -0.25) is 4.79 Å². The molecule has 0 bridgehead atoms. The molecule has 0 radical (unpaired) electrons. The largest absolute Gasteiger partial charge is 0.497 e. The topological polar surface area (TPSA) is 76.1 Å². The molecule has 1 amide bonds. The third-order valence-electron chi connectivity index (χ3n) is 4.95. The van der Waals surface area contributed by atoms with Crippen molar-refractivity contribution < 1.29 is 24.2 Å². The van der Waals surface area contributed by atoms with Crippen LogP contribution in [0.5, 0.6) is 11.5 Å². The lowest BCUT2D eigenvalue weighted by molar-refractivity contribution is 0.0693. The first-order valence-electron chi connectivity index (χ1n) is 9.02. The van der Waals surface area contributed by atoms with Gasteiger partial charge >= 0.3 is 5.97 Å². The fourth-order valence-corrected chi connectivity index (χ4v) is 4.58. The summed E-state index contributed by atoms with van der Waals surface area (Å²) in [5.41, 5.74) is 2.77. The first kappa shape index (κ1) is 19.0. The van der Waals surface area contributed by atoms with E-state index in [9.17, 15) is 14.7 Å². The maximum absolute atomic E-state index is 13.1. The molecule has 29 heavy (non-hydrogen) atoms. The Morgan fingerprint density at radius 2 is 1.83 bits per heavy atom. The number of anilines is 1. The first-order valence-corrected chi connectivity index (χ1v) is 9.84. The quantitative estimate of drug-likeness (QED) is 0.679. The van der Waals surface area contributed by atoms with Gasteiger partial charge in [-0.25, -0.2) is 4.79 Å². The summed E-state index contributed by atoms with van der Waals surface area (Å²) in [6.45, 7) is 0.528. The Morgan fingerprint density at radius 3 is 2.48 bits per heavy atom. The number of carboxylic acid groups (broad SMARTS) is 1. The highest BCUT2D eigenvalue weighted by atomic mass is 32.1. The normalized spacial score (nSPS) is 13.2. The average molecular weight is 409 g/mol. The zero-order valence-corrected chi connectivity index (χ0v) is 16.8. The molecule has 0 spiro atoms. The van der Waals surface area contributed by atoms with Crippen LogP contribution >= 0.6 is 11.3 Å². The van der Waals surface area contributed by atoms with E-state index in [0.29, 0.717) is 17.1 Å². The van der Waals surface area contributed by atoms with Gasteiger partial charge in [-0.2, -0.15) is 0 Å². The summed E-state index contributed by atoms with van der Waals surface area (Å²) in [4.78, 5) is 27.9. The molecule has 0 atom stereocenters. The lowest BCUT2D eigenvalue weighted by Gasteiger charge is -2.27. The van der Waals surface area contributed by atoms with Crippen LogP contribution in [0.25, 0.3) is 10.4 Å².